The highest BCUT2D eigenvalue weighted by Gasteiger charge is 2.04. The van der Waals surface area contributed by atoms with E-state index in [9.17, 15) is 0 Å². The van der Waals surface area contributed by atoms with E-state index in [1.54, 1.807) is 0 Å². The van der Waals surface area contributed by atoms with Crippen LogP contribution in [0.15, 0.2) is 41.1 Å². The molecule has 1 aromatic heterocycles. The average molecular weight is 251 g/mol. The first-order chi connectivity index (χ1) is 6.68. The van der Waals surface area contributed by atoms with Crippen molar-refractivity contribution in [2.45, 2.75) is 6.92 Å². The number of nitrogens with zero attached hydrogens (tertiary/aromatic N) is 1. The molecule has 0 saturated carbocycles. The van der Waals surface area contributed by atoms with Gasteiger partial charge in [-0.1, -0.05) is 0 Å². The molecule has 0 saturated heterocycles. The summed E-state index contributed by atoms with van der Waals surface area (Å²) in [6.45, 7) is 2.00. The van der Waals surface area contributed by atoms with Gasteiger partial charge < -0.3 is 10.3 Å². The van der Waals surface area contributed by atoms with Crippen molar-refractivity contribution in [3.63, 3.8) is 0 Å². The Labute approximate surface area is 91.5 Å². The number of nitrogens with two attached hydrogens (primary N) is 1. The Morgan fingerprint density at radius 1 is 1.21 bits per heavy atom. The standard InChI is InChI=1S/C11H11BrN2/c1-8-6-9(12)11(7-10(8)13)14-4-2-3-5-14/h2-7H,13H2,1H3. The van der Waals surface area contributed by atoms with E-state index in [1.807, 2.05) is 48.1 Å². The van der Waals surface area contributed by atoms with Crippen molar-refractivity contribution < 1.29 is 0 Å². The summed E-state index contributed by atoms with van der Waals surface area (Å²) in [7, 11) is 0. The molecular formula is C11H11BrN2. The molecule has 0 aliphatic carbocycles. The van der Waals surface area contributed by atoms with Gasteiger partial charge in [0.2, 0.25) is 0 Å². The maximum atomic E-state index is 5.86. The van der Waals surface area contributed by atoms with Gasteiger partial charge in [0.15, 0.2) is 0 Å². The zero-order valence-electron chi connectivity index (χ0n) is 7.87. The first kappa shape index (κ1) is 9.34. The van der Waals surface area contributed by atoms with Gasteiger partial charge in [-0.3, -0.25) is 0 Å². The smallest absolute Gasteiger partial charge is 0.0612 e. The zero-order valence-corrected chi connectivity index (χ0v) is 9.45. The molecule has 0 atom stereocenters. The second-order valence-electron chi connectivity index (χ2n) is 3.25. The average Bonchev–Trinajstić information content (AvgIpc) is 2.64. The molecular weight excluding hydrogens is 240 g/mol. The van der Waals surface area contributed by atoms with Gasteiger partial charge in [0.05, 0.1) is 5.69 Å². The molecule has 2 nitrogen and oxygen atoms in total. The van der Waals surface area contributed by atoms with Crippen molar-refractivity contribution in [2.24, 2.45) is 0 Å². The van der Waals surface area contributed by atoms with Crippen molar-refractivity contribution in [3.05, 3.63) is 46.7 Å². The predicted octanol–water partition coefficient (Wildman–Crippen LogP) is 3.13. The van der Waals surface area contributed by atoms with Crippen molar-refractivity contribution >= 4 is 21.6 Å². The van der Waals surface area contributed by atoms with Crippen LogP contribution in [-0.2, 0) is 0 Å². The molecule has 0 amide bonds. The Bertz CT molecular complexity index is 447. The normalized spacial score (nSPS) is 10.4. The summed E-state index contributed by atoms with van der Waals surface area (Å²) in [4.78, 5) is 0. The van der Waals surface area contributed by atoms with Crippen LogP contribution in [0, 0.1) is 6.92 Å². The quantitative estimate of drug-likeness (QED) is 0.775. The number of aryl methyl sites for hydroxylation is 1. The monoisotopic (exact) mass is 250 g/mol. The van der Waals surface area contributed by atoms with Gasteiger partial charge in [-0.05, 0) is 52.7 Å². The summed E-state index contributed by atoms with van der Waals surface area (Å²) in [6.07, 6.45) is 3.99. The maximum Gasteiger partial charge on any atom is 0.0612 e. The minimum Gasteiger partial charge on any atom is -0.398 e. The van der Waals surface area contributed by atoms with Crippen LogP contribution in [0.2, 0.25) is 0 Å². The Balaban J connectivity index is 2.60. The van der Waals surface area contributed by atoms with Gasteiger partial charge in [0.25, 0.3) is 0 Å². The van der Waals surface area contributed by atoms with E-state index < -0.39 is 0 Å². The van der Waals surface area contributed by atoms with E-state index in [2.05, 4.69) is 15.9 Å². The highest BCUT2D eigenvalue weighted by molar-refractivity contribution is 9.10. The van der Waals surface area contributed by atoms with Gasteiger partial charge in [-0.15, -0.1) is 0 Å². The summed E-state index contributed by atoms with van der Waals surface area (Å²) in [6, 6.07) is 7.98. The van der Waals surface area contributed by atoms with Crippen LogP contribution < -0.4 is 5.73 Å². The van der Waals surface area contributed by atoms with E-state index >= 15 is 0 Å². The Morgan fingerprint density at radius 3 is 2.50 bits per heavy atom. The van der Waals surface area contributed by atoms with Gasteiger partial charge in [0.1, 0.15) is 0 Å². The van der Waals surface area contributed by atoms with Crippen LogP contribution in [0.5, 0.6) is 0 Å². The van der Waals surface area contributed by atoms with Gasteiger partial charge in [0, 0.05) is 22.6 Å². The van der Waals surface area contributed by atoms with Gasteiger partial charge >= 0.3 is 0 Å². The molecule has 0 fully saturated rings. The lowest BCUT2D eigenvalue weighted by molar-refractivity contribution is 1.07. The molecule has 1 heterocycles. The lowest BCUT2D eigenvalue weighted by Crippen LogP contribution is -1.96. The van der Waals surface area contributed by atoms with Crippen LogP contribution in [-0.4, -0.2) is 4.57 Å². The molecule has 0 aliphatic heterocycles. The van der Waals surface area contributed by atoms with Crippen LogP contribution in [0.4, 0.5) is 5.69 Å². The highest BCUT2D eigenvalue weighted by atomic mass is 79.9. The molecule has 14 heavy (non-hydrogen) atoms. The summed E-state index contributed by atoms with van der Waals surface area (Å²) >= 11 is 3.53. The molecule has 0 unspecified atom stereocenters. The lowest BCUT2D eigenvalue weighted by atomic mass is 10.2. The molecule has 2 aromatic rings. The maximum absolute atomic E-state index is 5.86. The first-order valence-electron chi connectivity index (χ1n) is 4.37. The van der Waals surface area contributed by atoms with Crippen molar-refractivity contribution in [1.82, 2.24) is 4.57 Å². The molecule has 0 aliphatic rings. The number of halogens is 1. The third-order valence-electron chi connectivity index (χ3n) is 2.22. The fraction of sp³-hybridized carbons (Fsp3) is 0.0909. The number of aromatic nitrogens is 1. The van der Waals surface area contributed by atoms with Crippen LogP contribution in [0.25, 0.3) is 5.69 Å². The SMILES string of the molecule is Cc1cc(Br)c(-n2cccc2)cc1N. The van der Waals surface area contributed by atoms with Crippen molar-refractivity contribution in [1.29, 1.82) is 0 Å². The first-order valence-corrected chi connectivity index (χ1v) is 5.17. The topological polar surface area (TPSA) is 30.9 Å². The molecule has 0 spiro atoms. The minimum absolute atomic E-state index is 0.817. The minimum atomic E-state index is 0.817. The number of benzene rings is 1. The summed E-state index contributed by atoms with van der Waals surface area (Å²) in [5, 5.41) is 0. The van der Waals surface area contributed by atoms with E-state index in [-0.39, 0.29) is 0 Å². The molecule has 2 rings (SSSR count). The van der Waals surface area contributed by atoms with E-state index in [0.29, 0.717) is 0 Å². The Morgan fingerprint density at radius 2 is 1.86 bits per heavy atom. The fourth-order valence-corrected chi connectivity index (χ4v) is 2.03. The second-order valence-corrected chi connectivity index (χ2v) is 4.10. The van der Waals surface area contributed by atoms with Gasteiger partial charge in [-0.2, -0.15) is 0 Å². The Kier molecular flexibility index (Phi) is 2.33. The zero-order chi connectivity index (χ0) is 10.1. The van der Waals surface area contributed by atoms with Gasteiger partial charge in [-0.25, -0.2) is 0 Å². The molecule has 0 radical (unpaired) electrons. The fourth-order valence-electron chi connectivity index (χ4n) is 1.37. The number of nitrogen functional groups attached to an aromatic ring is 1. The van der Waals surface area contributed by atoms with Crippen molar-refractivity contribution in [3.8, 4) is 5.69 Å². The van der Waals surface area contributed by atoms with Crippen LogP contribution >= 0.6 is 15.9 Å². The Hall–Kier alpha value is -1.22. The summed E-state index contributed by atoms with van der Waals surface area (Å²) in [5.74, 6) is 0. The van der Waals surface area contributed by atoms with E-state index in [1.165, 1.54) is 0 Å². The lowest BCUT2D eigenvalue weighted by Gasteiger charge is -2.09. The van der Waals surface area contributed by atoms with Crippen LogP contribution in [0.3, 0.4) is 0 Å². The summed E-state index contributed by atoms with van der Waals surface area (Å²) < 4.78 is 3.08. The third-order valence-corrected chi connectivity index (χ3v) is 2.85. The number of rotatable bonds is 1. The van der Waals surface area contributed by atoms with Crippen molar-refractivity contribution in [2.75, 3.05) is 5.73 Å². The number of anilines is 1. The number of hydrogen-bond acceptors (Lipinski definition) is 1. The number of hydrogen-bond donors (Lipinski definition) is 1. The molecule has 0 bridgehead atoms. The second kappa shape index (κ2) is 3.50. The third kappa shape index (κ3) is 1.55. The van der Waals surface area contributed by atoms with E-state index in [4.69, 9.17) is 5.73 Å². The summed E-state index contributed by atoms with van der Waals surface area (Å²) in [5.41, 5.74) is 8.84. The molecule has 2 N–H and O–H groups in total. The largest absolute Gasteiger partial charge is 0.398 e. The van der Waals surface area contributed by atoms with Crippen LogP contribution in [0.1, 0.15) is 5.56 Å². The molecule has 1 aromatic carbocycles. The molecule has 3 heteroatoms. The predicted molar refractivity (Wildman–Crippen MR) is 62.6 cm³/mol. The highest BCUT2D eigenvalue weighted by Crippen LogP contribution is 2.26. The van der Waals surface area contributed by atoms with E-state index in [0.717, 1.165) is 21.4 Å². The molecule has 72 valence electrons.